The fourth-order valence-corrected chi connectivity index (χ4v) is 4.36. The van der Waals surface area contributed by atoms with Crippen molar-refractivity contribution in [3.8, 4) is 12.3 Å². The summed E-state index contributed by atoms with van der Waals surface area (Å²) in [5, 5.41) is 5.51. The van der Waals surface area contributed by atoms with Crippen molar-refractivity contribution in [2.45, 2.75) is 83.0 Å². The van der Waals surface area contributed by atoms with Crippen LogP contribution in [0.4, 0.5) is 4.79 Å². The Hall–Kier alpha value is -3.80. The van der Waals surface area contributed by atoms with Gasteiger partial charge in [-0.05, 0) is 45.2 Å². The second-order valence-electron chi connectivity index (χ2n) is 10.1. The smallest absolute Gasteiger partial charge is 0.408 e. The van der Waals surface area contributed by atoms with Gasteiger partial charge in [-0.15, -0.1) is 13.0 Å². The number of nitrogens with one attached hydrogen (secondary N) is 2. The van der Waals surface area contributed by atoms with E-state index < -0.39 is 47.9 Å². The molecule has 0 bridgehead atoms. The van der Waals surface area contributed by atoms with E-state index in [1.165, 1.54) is 11.0 Å². The number of benzene rings is 1. The van der Waals surface area contributed by atoms with Crippen molar-refractivity contribution in [1.82, 2.24) is 15.5 Å². The van der Waals surface area contributed by atoms with E-state index in [-0.39, 0.29) is 12.6 Å². The normalized spacial score (nSPS) is 15.4. The van der Waals surface area contributed by atoms with Gasteiger partial charge in [0.25, 0.3) is 0 Å². The summed E-state index contributed by atoms with van der Waals surface area (Å²) in [5.41, 5.74) is 5.45. The topological polar surface area (TPSA) is 131 Å². The van der Waals surface area contributed by atoms with Crippen LogP contribution in [0.2, 0.25) is 0 Å². The molecule has 1 aromatic rings. The lowest BCUT2D eigenvalue weighted by Gasteiger charge is -2.35. The number of carbonyl (C=O) groups excluding carboxylic acids is 4. The van der Waals surface area contributed by atoms with E-state index in [0.29, 0.717) is 11.1 Å². The Bertz CT molecular complexity index is 1030. The summed E-state index contributed by atoms with van der Waals surface area (Å²) >= 11 is 0. The Balaban J connectivity index is 2.49. The van der Waals surface area contributed by atoms with Gasteiger partial charge in [0, 0.05) is 18.2 Å². The zero-order valence-electron chi connectivity index (χ0n) is 21.9. The number of nitrogens with zero attached hydrogens (tertiary/aromatic N) is 1. The van der Waals surface area contributed by atoms with Crippen molar-refractivity contribution in [3.05, 3.63) is 48.0 Å². The first-order valence-corrected chi connectivity index (χ1v) is 12.5. The van der Waals surface area contributed by atoms with E-state index in [9.17, 15) is 19.2 Å². The molecule has 0 aromatic heterocycles. The molecule has 0 heterocycles. The summed E-state index contributed by atoms with van der Waals surface area (Å²) in [6.07, 6.45) is 10.6. The molecule has 0 saturated heterocycles. The molecule has 1 fully saturated rings. The standard InChI is InChI=1S/C28H38N4O5/c1-6-17-32(26(35)22(18-23(29)33)31-27(36)37-28(3,4)5)24(21-16-12-11-13-19(21)7-2)25(34)30-20-14-9-8-10-15-20/h2,6,11-13,16,20,22,24H,1,8-10,14-15,17-18H2,3-5H3,(H2,29,33)(H,30,34)(H,31,36). The molecule has 9 nitrogen and oxygen atoms in total. The Morgan fingerprint density at radius 3 is 2.43 bits per heavy atom. The van der Waals surface area contributed by atoms with E-state index in [1.807, 2.05) is 0 Å². The van der Waals surface area contributed by atoms with E-state index in [4.69, 9.17) is 16.9 Å². The Labute approximate surface area is 219 Å². The lowest BCUT2D eigenvalue weighted by molar-refractivity contribution is -0.143. The Morgan fingerprint density at radius 2 is 1.86 bits per heavy atom. The van der Waals surface area contributed by atoms with Gasteiger partial charge in [-0.1, -0.05) is 49.5 Å². The molecular weight excluding hydrogens is 472 g/mol. The lowest BCUT2D eigenvalue weighted by atomic mass is 9.93. The number of amides is 4. The third kappa shape index (κ3) is 8.98. The van der Waals surface area contributed by atoms with Gasteiger partial charge in [-0.2, -0.15) is 0 Å². The summed E-state index contributed by atoms with van der Waals surface area (Å²) in [6, 6.07) is 4.33. The van der Waals surface area contributed by atoms with Crippen molar-refractivity contribution in [2.24, 2.45) is 5.73 Å². The van der Waals surface area contributed by atoms with Crippen molar-refractivity contribution in [2.75, 3.05) is 6.54 Å². The molecule has 37 heavy (non-hydrogen) atoms. The molecule has 1 aromatic carbocycles. The monoisotopic (exact) mass is 510 g/mol. The highest BCUT2D eigenvalue weighted by Crippen LogP contribution is 2.27. The first kappa shape index (κ1) is 29.4. The van der Waals surface area contributed by atoms with Crippen LogP contribution < -0.4 is 16.4 Å². The average Bonchev–Trinajstić information content (AvgIpc) is 2.82. The molecule has 0 aliphatic heterocycles. The summed E-state index contributed by atoms with van der Waals surface area (Å²) < 4.78 is 5.27. The van der Waals surface area contributed by atoms with Crippen molar-refractivity contribution in [3.63, 3.8) is 0 Å². The van der Waals surface area contributed by atoms with Gasteiger partial charge in [-0.3, -0.25) is 14.4 Å². The Morgan fingerprint density at radius 1 is 1.22 bits per heavy atom. The molecule has 1 saturated carbocycles. The zero-order chi connectivity index (χ0) is 27.6. The molecular formula is C28H38N4O5. The van der Waals surface area contributed by atoms with Gasteiger partial charge >= 0.3 is 6.09 Å². The summed E-state index contributed by atoms with van der Waals surface area (Å²) in [7, 11) is 0. The van der Waals surface area contributed by atoms with Gasteiger partial charge < -0.3 is 26.0 Å². The lowest BCUT2D eigenvalue weighted by Crippen LogP contribution is -2.54. The SMILES string of the molecule is C#Cc1ccccc1C(C(=O)NC1CCCCC1)N(CC=C)C(=O)C(CC(N)=O)NC(=O)OC(C)(C)C. The van der Waals surface area contributed by atoms with Gasteiger partial charge in [-0.25, -0.2) is 4.79 Å². The largest absolute Gasteiger partial charge is 0.444 e. The van der Waals surface area contributed by atoms with Crippen molar-refractivity contribution >= 4 is 23.8 Å². The summed E-state index contributed by atoms with van der Waals surface area (Å²) in [5.74, 6) is 0.680. The summed E-state index contributed by atoms with van der Waals surface area (Å²) in [4.78, 5) is 53.2. The van der Waals surface area contributed by atoms with Crippen LogP contribution in [0, 0.1) is 12.3 Å². The third-order valence-electron chi connectivity index (χ3n) is 5.93. The van der Waals surface area contributed by atoms with Gasteiger partial charge in [0.15, 0.2) is 0 Å². The number of carbonyl (C=O) groups is 4. The van der Waals surface area contributed by atoms with Crippen LogP contribution in [-0.4, -0.2) is 52.9 Å². The number of nitrogens with two attached hydrogens (primary N) is 1. The predicted molar refractivity (Wildman–Crippen MR) is 141 cm³/mol. The molecule has 1 aliphatic rings. The average molecular weight is 511 g/mol. The molecule has 200 valence electrons. The number of alkyl carbamates (subject to hydrolysis) is 1. The minimum Gasteiger partial charge on any atom is -0.444 e. The number of rotatable bonds is 10. The zero-order valence-corrected chi connectivity index (χ0v) is 21.9. The number of hydrogen-bond acceptors (Lipinski definition) is 5. The molecule has 4 N–H and O–H groups in total. The van der Waals surface area contributed by atoms with Crippen molar-refractivity contribution in [1.29, 1.82) is 0 Å². The van der Waals surface area contributed by atoms with E-state index in [2.05, 4.69) is 23.1 Å². The molecule has 4 amide bonds. The second kappa shape index (κ2) is 13.5. The van der Waals surface area contributed by atoms with E-state index in [0.717, 1.165) is 32.1 Å². The molecule has 9 heteroatoms. The molecule has 2 atom stereocenters. The van der Waals surface area contributed by atoms with Crippen LogP contribution >= 0.6 is 0 Å². The molecule has 0 spiro atoms. The Kier molecular flexibility index (Phi) is 10.7. The fourth-order valence-electron chi connectivity index (χ4n) is 4.36. The van der Waals surface area contributed by atoms with Crippen LogP contribution in [0.15, 0.2) is 36.9 Å². The summed E-state index contributed by atoms with van der Waals surface area (Å²) in [6.45, 7) is 8.70. The predicted octanol–water partition coefficient (Wildman–Crippen LogP) is 2.94. The van der Waals surface area contributed by atoms with Gasteiger partial charge in [0.05, 0.1) is 6.42 Å². The maximum Gasteiger partial charge on any atom is 0.408 e. The van der Waals surface area contributed by atoms with Gasteiger partial charge in [0.2, 0.25) is 17.7 Å². The number of primary amides is 1. The highest BCUT2D eigenvalue weighted by atomic mass is 16.6. The minimum absolute atomic E-state index is 0.0243. The van der Waals surface area contributed by atoms with Crippen LogP contribution in [0.3, 0.4) is 0 Å². The van der Waals surface area contributed by atoms with Crippen molar-refractivity contribution < 1.29 is 23.9 Å². The molecule has 1 aliphatic carbocycles. The maximum atomic E-state index is 13.8. The highest BCUT2D eigenvalue weighted by Gasteiger charge is 2.38. The quantitative estimate of drug-likeness (QED) is 0.329. The number of terminal acetylenes is 1. The highest BCUT2D eigenvalue weighted by molar-refractivity contribution is 5.95. The first-order chi connectivity index (χ1) is 17.5. The van der Waals surface area contributed by atoms with Crippen LogP contribution in [-0.2, 0) is 19.1 Å². The number of hydrogen-bond donors (Lipinski definition) is 3. The van der Waals surface area contributed by atoms with Crippen LogP contribution in [0.1, 0.15) is 76.5 Å². The molecule has 0 radical (unpaired) electrons. The second-order valence-corrected chi connectivity index (χ2v) is 10.1. The van der Waals surface area contributed by atoms with Crippen LogP contribution in [0.25, 0.3) is 0 Å². The number of ether oxygens (including phenoxy) is 1. The van der Waals surface area contributed by atoms with Gasteiger partial charge in [0.1, 0.15) is 17.7 Å². The fraction of sp³-hybridized carbons (Fsp3) is 0.500. The van der Waals surface area contributed by atoms with E-state index in [1.54, 1.807) is 45.0 Å². The molecule has 2 rings (SSSR count). The maximum absolute atomic E-state index is 13.8. The third-order valence-corrected chi connectivity index (χ3v) is 5.93. The van der Waals surface area contributed by atoms with Crippen LogP contribution in [0.5, 0.6) is 0 Å². The first-order valence-electron chi connectivity index (χ1n) is 12.5. The minimum atomic E-state index is -1.37. The molecule has 2 unspecified atom stereocenters. The van der Waals surface area contributed by atoms with E-state index >= 15 is 0 Å².